The Morgan fingerprint density at radius 1 is 0.867 bits per heavy atom. The van der Waals surface area contributed by atoms with Crippen molar-refractivity contribution in [2.75, 3.05) is 25.6 Å². The van der Waals surface area contributed by atoms with E-state index in [0.717, 1.165) is 22.6 Å². The Hall–Kier alpha value is -3.55. The average Bonchev–Trinajstić information content (AvgIpc) is 3.31. The molecule has 0 spiro atoms. The third-order valence-electron chi connectivity index (χ3n) is 4.81. The zero-order valence-electron chi connectivity index (χ0n) is 16.2. The zero-order valence-corrected chi connectivity index (χ0v) is 16.2. The van der Waals surface area contributed by atoms with Gasteiger partial charge in [-0.1, -0.05) is 42.5 Å². The van der Waals surface area contributed by atoms with Gasteiger partial charge in [0.15, 0.2) is 6.29 Å². The molecule has 2 N–H and O–H groups in total. The van der Waals surface area contributed by atoms with Crippen molar-refractivity contribution in [3.8, 4) is 28.3 Å². The van der Waals surface area contributed by atoms with Crippen molar-refractivity contribution in [1.29, 1.82) is 0 Å². The van der Waals surface area contributed by atoms with Crippen molar-refractivity contribution in [3.63, 3.8) is 0 Å². The number of rotatable bonds is 5. The molecule has 1 saturated heterocycles. The lowest BCUT2D eigenvalue weighted by molar-refractivity contribution is -0.0684. The van der Waals surface area contributed by atoms with Crippen molar-refractivity contribution in [2.24, 2.45) is 0 Å². The van der Waals surface area contributed by atoms with E-state index in [4.69, 9.17) is 24.9 Å². The first-order valence-electron chi connectivity index (χ1n) is 9.72. The molecule has 150 valence electrons. The molecule has 7 nitrogen and oxygen atoms in total. The number of hydrogen-bond acceptors (Lipinski definition) is 7. The largest absolute Gasteiger partial charge is 0.488 e. The molecule has 4 aromatic rings. The summed E-state index contributed by atoms with van der Waals surface area (Å²) in [5.41, 5.74) is 10.7. The smallest absolute Gasteiger partial charge is 0.221 e. The van der Waals surface area contributed by atoms with E-state index in [0.29, 0.717) is 36.5 Å². The Morgan fingerprint density at radius 3 is 2.50 bits per heavy atom. The predicted octanol–water partition coefficient (Wildman–Crippen LogP) is 3.69. The first kappa shape index (κ1) is 18.5. The highest BCUT2D eigenvalue weighted by Crippen LogP contribution is 2.29. The first-order valence-corrected chi connectivity index (χ1v) is 9.72. The molecule has 30 heavy (non-hydrogen) atoms. The van der Waals surface area contributed by atoms with Crippen LogP contribution >= 0.6 is 0 Å². The van der Waals surface area contributed by atoms with Gasteiger partial charge in [-0.3, -0.25) is 0 Å². The fourth-order valence-corrected chi connectivity index (χ4v) is 3.40. The molecule has 0 saturated carbocycles. The van der Waals surface area contributed by atoms with Crippen LogP contribution in [0, 0.1) is 0 Å². The molecule has 3 heterocycles. The highest BCUT2D eigenvalue weighted by molar-refractivity contribution is 5.91. The molecule has 7 heteroatoms. The lowest BCUT2D eigenvalue weighted by Gasteiger charge is -2.12. The van der Waals surface area contributed by atoms with E-state index in [1.54, 1.807) is 0 Å². The van der Waals surface area contributed by atoms with E-state index in [9.17, 15) is 0 Å². The number of pyridine rings is 1. The van der Waals surface area contributed by atoms with Gasteiger partial charge in [0.25, 0.3) is 0 Å². The zero-order chi connectivity index (χ0) is 20.3. The van der Waals surface area contributed by atoms with Gasteiger partial charge in [-0.15, -0.1) is 0 Å². The number of hydrogen-bond donors (Lipinski definition) is 1. The van der Waals surface area contributed by atoms with Crippen LogP contribution in [0.15, 0.2) is 66.7 Å². The molecule has 2 aromatic heterocycles. The first-order chi connectivity index (χ1) is 14.8. The summed E-state index contributed by atoms with van der Waals surface area (Å²) in [4.78, 5) is 13.6. The number of fused-ring (bicyclic) bond motifs is 1. The van der Waals surface area contributed by atoms with Gasteiger partial charge < -0.3 is 19.9 Å². The van der Waals surface area contributed by atoms with Crippen LogP contribution in [0.4, 0.5) is 5.95 Å². The number of nitrogen functional groups attached to an aromatic ring is 1. The summed E-state index contributed by atoms with van der Waals surface area (Å²) in [6.07, 6.45) is -0.316. The summed E-state index contributed by atoms with van der Waals surface area (Å²) >= 11 is 0. The minimum Gasteiger partial charge on any atom is -0.488 e. The highest BCUT2D eigenvalue weighted by Gasteiger charge is 2.17. The minimum atomic E-state index is -0.316. The topological polar surface area (TPSA) is 92.4 Å². The van der Waals surface area contributed by atoms with E-state index in [1.807, 2.05) is 66.7 Å². The molecule has 0 aliphatic carbocycles. The lowest BCUT2D eigenvalue weighted by Crippen LogP contribution is -2.18. The molecule has 0 bridgehead atoms. The summed E-state index contributed by atoms with van der Waals surface area (Å²) in [5.74, 6) is 0.952. The molecule has 1 aliphatic rings. The van der Waals surface area contributed by atoms with Gasteiger partial charge >= 0.3 is 0 Å². The van der Waals surface area contributed by atoms with Gasteiger partial charge in [-0.25, -0.2) is 15.0 Å². The van der Waals surface area contributed by atoms with E-state index in [2.05, 4.69) is 9.97 Å². The number of aromatic nitrogens is 3. The van der Waals surface area contributed by atoms with Crippen LogP contribution in [-0.2, 0) is 9.47 Å². The fraction of sp³-hybridized carbons (Fsp3) is 0.174. The van der Waals surface area contributed by atoms with Crippen LogP contribution in [0.1, 0.15) is 0 Å². The Balaban J connectivity index is 1.50. The molecule has 0 atom stereocenters. The van der Waals surface area contributed by atoms with Crippen molar-refractivity contribution in [1.82, 2.24) is 15.0 Å². The summed E-state index contributed by atoms with van der Waals surface area (Å²) in [7, 11) is 0. The van der Waals surface area contributed by atoms with E-state index < -0.39 is 0 Å². The quantitative estimate of drug-likeness (QED) is 0.546. The molecule has 0 unspecified atom stereocenters. The Bertz CT molecular complexity index is 1180. The second kappa shape index (κ2) is 8.06. The van der Waals surface area contributed by atoms with Crippen LogP contribution in [0.2, 0.25) is 0 Å². The fourth-order valence-electron chi connectivity index (χ4n) is 3.40. The predicted molar refractivity (Wildman–Crippen MR) is 114 cm³/mol. The van der Waals surface area contributed by atoms with Crippen molar-refractivity contribution < 1.29 is 14.2 Å². The third kappa shape index (κ3) is 3.80. The number of anilines is 1. The van der Waals surface area contributed by atoms with Crippen LogP contribution < -0.4 is 10.5 Å². The van der Waals surface area contributed by atoms with Crippen molar-refractivity contribution >= 4 is 17.0 Å². The van der Waals surface area contributed by atoms with Gasteiger partial charge in [-0.05, 0) is 24.3 Å². The maximum absolute atomic E-state index is 5.93. The van der Waals surface area contributed by atoms with Gasteiger partial charge in [0, 0.05) is 11.1 Å². The monoisotopic (exact) mass is 400 g/mol. The Kier molecular flexibility index (Phi) is 4.96. The van der Waals surface area contributed by atoms with E-state index in [-0.39, 0.29) is 12.2 Å². The second-order valence-electron chi connectivity index (χ2n) is 6.87. The summed E-state index contributed by atoms with van der Waals surface area (Å²) in [5, 5.41) is 0. The summed E-state index contributed by atoms with van der Waals surface area (Å²) in [6.45, 7) is 1.55. The van der Waals surface area contributed by atoms with Gasteiger partial charge in [-0.2, -0.15) is 0 Å². The summed E-state index contributed by atoms with van der Waals surface area (Å²) < 4.78 is 16.7. The average molecular weight is 400 g/mol. The number of nitrogens with zero attached hydrogens (tertiary/aromatic N) is 3. The van der Waals surface area contributed by atoms with Crippen molar-refractivity contribution in [3.05, 3.63) is 66.7 Å². The SMILES string of the molecule is Nc1nc(-c2ccccc2)c2nc(-c3cccc(OCC4OCCO4)c3)ccc2n1. The molecular weight excluding hydrogens is 380 g/mol. The molecule has 2 aromatic carbocycles. The second-order valence-corrected chi connectivity index (χ2v) is 6.87. The molecule has 1 aliphatic heterocycles. The molecule has 5 rings (SSSR count). The summed E-state index contributed by atoms with van der Waals surface area (Å²) in [6, 6.07) is 21.5. The van der Waals surface area contributed by atoms with Crippen LogP contribution in [0.5, 0.6) is 5.75 Å². The van der Waals surface area contributed by atoms with Crippen LogP contribution in [0.25, 0.3) is 33.5 Å². The standard InChI is InChI=1S/C23H20N4O3/c24-23-26-19-10-9-18(25-22(19)21(27-23)15-5-2-1-3-6-15)16-7-4-8-17(13-16)30-14-20-28-11-12-29-20/h1-10,13,20H,11-12,14H2,(H2,24,26,27). The molecule has 1 fully saturated rings. The molecular formula is C23H20N4O3. The Labute approximate surface area is 173 Å². The highest BCUT2D eigenvalue weighted by atomic mass is 16.7. The van der Waals surface area contributed by atoms with Crippen LogP contribution in [0.3, 0.4) is 0 Å². The lowest BCUT2D eigenvalue weighted by atomic mass is 10.1. The molecule has 0 radical (unpaired) electrons. The normalized spacial score (nSPS) is 14.3. The number of ether oxygens (including phenoxy) is 3. The number of nitrogens with two attached hydrogens (primary N) is 1. The van der Waals surface area contributed by atoms with Gasteiger partial charge in [0.2, 0.25) is 5.95 Å². The maximum atomic E-state index is 5.93. The van der Waals surface area contributed by atoms with E-state index in [1.165, 1.54) is 0 Å². The van der Waals surface area contributed by atoms with Gasteiger partial charge in [0.1, 0.15) is 23.6 Å². The van der Waals surface area contributed by atoms with Gasteiger partial charge in [0.05, 0.1) is 24.4 Å². The third-order valence-corrected chi connectivity index (χ3v) is 4.81. The minimum absolute atomic E-state index is 0.225. The molecule has 0 amide bonds. The van der Waals surface area contributed by atoms with Crippen LogP contribution in [-0.4, -0.2) is 41.1 Å². The van der Waals surface area contributed by atoms with E-state index >= 15 is 0 Å². The Morgan fingerprint density at radius 2 is 1.67 bits per heavy atom. The van der Waals surface area contributed by atoms with Crippen molar-refractivity contribution in [2.45, 2.75) is 6.29 Å². The number of benzene rings is 2. The maximum Gasteiger partial charge on any atom is 0.221 e.